The highest BCUT2D eigenvalue weighted by atomic mass is 31.2. The molecule has 0 spiro atoms. The van der Waals surface area contributed by atoms with Crippen LogP contribution < -0.4 is 0 Å². The molecule has 3 unspecified atom stereocenters. The van der Waals surface area contributed by atoms with Crippen LogP contribution in [-0.4, -0.2) is 66.3 Å². The molecule has 0 fully saturated rings. The van der Waals surface area contributed by atoms with Crippen LogP contribution in [0.3, 0.4) is 0 Å². The van der Waals surface area contributed by atoms with E-state index in [0.717, 1.165) is 77.0 Å². The molecule has 0 amide bonds. The zero-order valence-corrected chi connectivity index (χ0v) is 37.4. The number of ether oxygens (including phenoxy) is 2. The Kier molecular flexibility index (Phi) is 42.4. The molecule has 0 radical (unpaired) electrons. The highest BCUT2D eigenvalue weighted by Gasteiger charge is 2.26. The third kappa shape index (κ3) is 43.2. The first-order chi connectivity index (χ1) is 28.3. The summed E-state index contributed by atoms with van der Waals surface area (Å²) < 4.78 is 33.3. The molecule has 0 rings (SSSR count). The van der Waals surface area contributed by atoms with Gasteiger partial charge in [-0.3, -0.25) is 13.8 Å². The van der Waals surface area contributed by atoms with Crippen LogP contribution in [0.2, 0.25) is 0 Å². The van der Waals surface area contributed by atoms with Gasteiger partial charge in [0.2, 0.25) is 0 Å². The van der Waals surface area contributed by atoms with Crippen molar-refractivity contribution in [1.29, 1.82) is 0 Å². The molecule has 3 atom stereocenters. The first-order valence-corrected chi connectivity index (χ1v) is 24.1. The first kappa shape index (κ1) is 55.6. The lowest BCUT2D eigenvalue weighted by Crippen LogP contribution is -2.29. The summed E-state index contributed by atoms with van der Waals surface area (Å²) in [6.45, 7) is 3.29. The van der Waals surface area contributed by atoms with Crippen molar-refractivity contribution in [2.45, 2.75) is 180 Å². The zero-order chi connectivity index (χ0) is 42.5. The van der Waals surface area contributed by atoms with Crippen LogP contribution in [0.5, 0.6) is 0 Å². The molecule has 334 valence electrons. The second-order valence-corrected chi connectivity index (χ2v) is 16.1. The number of aliphatic hydroxyl groups is 2. The molecule has 0 saturated heterocycles. The average Bonchev–Trinajstić information content (AvgIpc) is 3.21. The van der Waals surface area contributed by atoms with Crippen molar-refractivity contribution in [2.75, 3.05) is 33.0 Å². The maximum atomic E-state index is 12.6. The second-order valence-electron chi connectivity index (χ2n) is 14.7. The van der Waals surface area contributed by atoms with Crippen LogP contribution in [0.1, 0.15) is 168 Å². The number of aliphatic hydroxyl groups excluding tert-OH is 2. The van der Waals surface area contributed by atoms with Gasteiger partial charge in [0, 0.05) is 13.0 Å². The van der Waals surface area contributed by atoms with Crippen LogP contribution in [0.4, 0.5) is 0 Å². The average molecular weight is 835 g/mol. The number of hydrogen-bond acceptors (Lipinski definition) is 8. The van der Waals surface area contributed by atoms with E-state index in [9.17, 15) is 19.4 Å². The quantitative estimate of drug-likeness (QED) is 0.0238. The number of phosphoric acid groups is 1. The van der Waals surface area contributed by atoms with Gasteiger partial charge >= 0.3 is 13.8 Å². The van der Waals surface area contributed by atoms with E-state index in [1.54, 1.807) is 0 Å². The molecule has 0 aromatic heterocycles. The smallest absolute Gasteiger partial charge is 0.457 e. The van der Waals surface area contributed by atoms with E-state index in [0.29, 0.717) is 13.0 Å². The standard InChI is InChI=1S/C48H83O9P/c1-3-5-7-9-11-13-15-17-19-20-21-22-23-24-25-27-29-31-33-35-37-39-41-54-44-47(45-56-58(52,53)55-43-46(50)42-49)57-48(51)40-38-36-34-32-30-28-26-18-16-14-12-10-8-6-4-2/h6,8,12,14-15,17-18,20-21,23-24,26,30,32,46-47,49-50H,3-5,7,9-11,13,16,19,22,25,27-29,31,33-45H2,1-2H3,(H,52,53)/b8-6-,14-12-,17-15-,21-20-,24-23-,26-18-,32-30-. The highest BCUT2D eigenvalue weighted by molar-refractivity contribution is 7.47. The third-order valence-corrected chi connectivity index (χ3v) is 10.0. The van der Waals surface area contributed by atoms with E-state index in [2.05, 4.69) is 98.9 Å². The molecular formula is C48H83O9P. The van der Waals surface area contributed by atoms with Gasteiger partial charge in [0.15, 0.2) is 0 Å². The number of rotatable bonds is 42. The van der Waals surface area contributed by atoms with E-state index in [4.69, 9.17) is 23.6 Å². The molecule has 3 N–H and O–H groups in total. The fourth-order valence-corrected chi connectivity index (χ4v) is 6.44. The maximum Gasteiger partial charge on any atom is 0.472 e. The van der Waals surface area contributed by atoms with Crippen LogP contribution in [0, 0.1) is 0 Å². The van der Waals surface area contributed by atoms with Crippen LogP contribution in [-0.2, 0) is 27.9 Å². The minimum atomic E-state index is -4.54. The Morgan fingerprint density at radius 1 is 0.552 bits per heavy atom. The number of esters is 1. The number of carbonyl (C=O) groups excluding carboxylic acids is 1. The maximum absolute atomic E-state index is 12.6. The van der Waals surface area contributed by atoms with E-state index >= 15 is 0 Å². The summed E-state index contributed by atoms with van der Waals surface area (Å²) >= 11 is 0. The van der Waals surface area contributed by atoms with Crippen LogP contribution in [0.15, 0.2) is 85.1 Å². The molecule has 9 nitrogen and oxygen atoms in total. The molecule has 0 aromatic rings. The Morgan fingerprint density at radius 2 is 0.983 bits per heavy atom. The molecule has 0 aliphatic rings. The van der Waals surface area contributed by atoms with E-state index < -0.39 is 45.8 Å². The molecule has 10 heteroatoms. The van der Waals surface area contributed by atoms with Gasteiger partial charge in [-0.05, 0) is 89.9 Å². The normalized spacial score (nSPS) is 14.8. The monoisotopic (exact) mass is 835 g/mol. The Morgan fingerprint density at radius 3 is 1.48 bits per heavy atom. The largest absolute Gasteiger partial charge is 0.472 e. The number of phosphoric ester groups is 1. The molecule has 0 aromatic carbocycles. The van der Waals surface area contributed by atoms with Crippen LogP contribution in [0.25, 0.3) is 0 Å². The molecule has 0 saturated carbocycles. The SMILES string of the molecule is CC/C=C\C/C=C\C/C=C\C/C=C\CCCCC(=O)OC(COCCCCCCCCC/C=C\C/C=C\C/C=C\CCCCCCC)COP(=O)(O)OCC(O)CO. The summed E-state index contributed by atoms with van der Waals surface area (Å²) in [4.78, 5) is 22.6. The van der Waals surface area contributed by atoms with E-state index in [1.165, 1.54) is 64.2 Å². The Hall–Kier alpha value is -2.36. The molecular weight excluding hydrogens is 751 g/mol. The summed E-state index contributed by atoms with van der Waals surface area (Å²) in [5.74, 6) is -0.430. The van der Waals surface area contributed by atoms with Gasteiger partial charge in [0.1, 0.15) is 12.2 Å². The van der Waals surface area contributed by atoms with Gasteiger partial charge in [-0.15, -0.1) is 0 Å². The van der Waals surface area contributed by atoms with E-state index in [-0.39, 0.29) is 13.0 Å². The first-order valence-electron chi connectivity index (χ1n) is 22.6. The van der Waals surface area contributed by atoms with Crippen molar-refractivity contribution in [3.05, 3.63) is 85.1 Å². The third-order valence-electron chi connectivity index (χ3n) is 9.06. The summed E-state index contributed by atoms with van der Waals surface area (Å²) in [5.41, 5.74) is 0. The van der Waals surface area contributed by atoms with Crippen LogP contribution >= 0.6 is 7.82 Å². The minimum absolute atomic E-state index is 0.0204. The lowest BCUT2D eigenvalue weighted by Gasteiger charge is -2.20. The summed E-state index contributed by atoms with van der Waals surface area (Å²) in [6.07, 6.45) is 54.1. The van der Waals surface area contributed by atoms with Crippen molar-refractivity contribution in [2.24, 2.45) is 0 Å². The molecule has 0 bridgehead atoms. The minimum Gasteiger partial charge on any atom is -0.457 e. The van der Waals surface area contributed by atoms with E-state index in [1.807, 2.05) is 0 Å². The van der Waals surface area contributed by atoms with Crippen molar-refractivity contribution in [3.8, 4) is 0 Å². The second kappa shape index (κ2) is 44.2. The fourth-order valence-electron chi connectivity index (χ4n) is 5.65. The lowest BCUT2D eigenvalue weighted by atomic mass is 10.1. The Labute approximate surface area is 354 Å². The van der Waals surface area contributed by atoms with Gasteiger partial charge in [0.05, 0.1) is 26.4 Å². The predicted molar refractivity (Wildman–Crippen MR) is 242 cm³/mol. The summed E-state index contributed by atoms with van der Waals surface area (Å²) in [7, 11) is -4.54. The molecule has 0 aliphatic heterocycles. The topological polar surface area (TPSA) is 132 Å². The van der Waals surface area contributed by atoms with Gasteiger partial charge in [-0.1, -0.05) is 157 Å². The number of hydrogen-bond donors (Lipinski definition) is 3. The van der Waals surface area contributed by atoms with Gasteiger partial charge in [-0.2, -0.15) is 0 Å². The fraction of sp³-hybridized carbons (Fsp3) is 0.688. The zero-order valence-electron chi connectivity index (χ0n) is 36.5. The van der Waals surface area contributed by atoms with Crippen molar-refractivity contribution < 1.29 is 43.0 Å². The molecule has 0 heterocycles. The molecule has 58 heavy (non-hydrogen) atoms. The molecule has 0 aliphatic carbocycles. The number of allylic oxidation sites excluding steroid dienone is 14. The van der Waals surface area contributed by atoms with Crippen molar-refractivity contribution in [3.63, 3.8) is 0 Å². The Balaban J connectivity index is 4.23. The highest BCUT2D eigenvalue weighted by Crippen LogP contribution is 2.43. The summed E-state index contributed by atoms with van der Waals surface area (Å²) in [6, 6.07) is 0. The van der Waals surface area contributed by atoms with Gasteiger partial charge < -0.3 is 24.6 Å². The lowest BCUT2D eigenvalue weighted by molar-refractivity contribution is -0.154. The van der Waals surface area contributed by atoms with Crippen molar-refractivity contribution in [1.82, 2.24) is 0 Å². The Bertz CT molecular complexity index is 1170. The summed E-state index contributed by atoms with van der Waals surface area (Å²) in [5, 5.41) is 18.4. The predicted octanol–water partition coefficient (Wildman–Crippen LogP) is 12.7. The van der Waals surface area contributed by atoms with Crippen molar-refractivity contribution >= 4 is 13.8 Å². The number of unbranched alkanes of at least 4 members (excludes halogenated alkanes) is 14. The van der Waals surface area contributed by atoms with Gasteiger partial charge in [-0.25, -0.2) is 4.57 Å². The number of carbonyl (C=O) groups is 1. The van der Waals surface area contributed by atoms with Gasteiger partial charge in [0.25, 0.3) is 0 Å².